The third-order valence-corrected chi connectivity index (χ3v) is 6.23. The summed E-state index contributed by atoms with van der Waals surface area (Å²) in [5.41, 5.74) is 1.47. The molecule has 16 nitrogen and oxygen atoms in total. The number of carbonyl (C=O) groups excluding carboxylic acids is 7. The number of carboxylic acid groups (broad SMARTS) is 7. The predicted octanol–water partition coefficient (Wildman–Crippen LogP) is -0.272. The number of carbonyl (C=O) groups is 7. The highest BCUT2D eigenvalue weighted by molar-refractivity contribution is 6.01. The van der Waals surface area contributed by atoms with Gasteiger partial charge in [-0.3, -0.25) is 9.97 Å². The minimum atomic E-state index is -1.51. The van der Waals surface area contributed by atoms with Gasteiger partial charge in [0, 0.05) is 28.5 Å². The Morgan fingerprint density at radius 2 is 0.741 bits per heavy atom. The molecule has 4 aromatic rings. The molecular weight excluding hydrogens is 756 g/mol. The van der Waals surface area contributed by atoms with Crippen LogP contribution in [-0.2, 0) is 0 Å². The zero-order valence-electron chi connectivity index (χ0n) is 34.9. The van der Waals surface area contributed by atoms with E-state index < -0.39 is 41.8 Å². The lowest BCUT2D eigenvalue weighted by atomic mass is 10.00. The standard InChI is InChI=1S/C10H10O4.2C9H8O4.C6H6N2O2.4C2H6/c1-5-3-7(9(11)12)8(10(13)14)4-6(5)2;1-5-2-6(8(10)11)4-7(3-5)9(12)13;1-5-2-3-6(8(10)11)7(4-5)9(12)13;1-4-2-8-5(3-7-4)6(9)10;4*1-2/h3-4H,1-2H3,(H,11,12)(H,13,14);2*2-4H,1H3,(H,10,11)(H,12,13);2-3H,1H3,(H,9,10);4*1-2H3/p-7. The fourth-order valence-electron chi connectivity index (χ4n) is 3.68. The molecule has 0 bridgehead atoms. The van der Waals surface area contributed by atoms with Gasteiger partial charge in [-0.1, -0.05) is 85.2 Å². The van der Waals surface area contributed by atoms with E-state index in [0.717, 1.165) is 6.07 Å². The predicted molar refractivity (Wildman–Crippen MR) is 201 cm³/mol. The summed E-state index contributed by atoms with van der Waals surface area (Å²) in [7, 11) is 0. The fourth-order valence-corrected chi connectivity index (χ4v) is 3.68. The van der Waals surface area contributed by atoms with Gasteiger partial charge in [-0.15, -0.1) is 0 Å². The Labute approximate surface area is 338 Å². The highest BCUT2D eigenvalue weighted by Gasteiger charge is 2.07. The number of nitrogens with zero attached hydrogens (tertiary/aromatic N) is 2. The van der Waals surface area contributed by atoms with E-state index in [2.05, 4.69) is 9.97 Å². The molecule has 0 saturated heterocycles. The molecule has 0 spiro atoms. The lowest BCUT2D eigenvalue weighted by molar-refractivity contribution is -0.259. The minimum absolute atomic E-state index is 0.134. The van der Waals surface area contributed by atoms with Crippen molar-refractivity contribution in [3.8, 4) is 0 Å². The van der Waals surface area contributed by atoms with Crippen LogP contribution in [0.25, 0.3) is 0 Å². The lowest BCUT2D eigenvalue weighted by Gasteiger charge is -2.13. The second kappa shape index (κ2) is 31.3. The van der Waals surface area contributed by atoms with Gasteiger partial charge in [0.15, 0.2) is 0 Å². The monoisotopic (exact) mass is 805 g/mol. The summed E-state index contributed by atoms with van der Waals surface area (Å²) in [5.74, 6) is -10.1. The van der Waals surface area contributed by atoms with Crippen LogP contribution in [0.5, 0.6) is 0 Å². The zero-order valence-corrected chi connectivity index (χ0v) is 34.9. The van der Waals surface area contributed by atoms with Crippen LogP contribution in [0.2, 0.25) is 0 Å². The quantitative estimate of drug-likeness (QED) is 0.232. The lowest BCUT2D eigenvalue weighted by Crippen LogP contribution is -2.30. The zero-order chi connectivity index (χ0) is 46.5. The molecule has 0 aliphatic carbocycles. The molecule has 0 saturated carbocycles. The number of benzene rings is 3. The van der Waals surface area contributed by atoms with Crippen molar-refractivity contribution in [1.82, 2.24) is 9.97 Å². The molecule has 0 N–H and O–H groups in total. The van der Waals surface area contributed by atoms with E-state index in [9.17, 15) is 69.3 Å². The fraction of sp³-hybridized carbons (Fsp3) is 0.310. The van der Waals surface area contributed by atoms with E-state index in [4.69, 9.17) is 0 Å². The van der Waals surface area contributed by atoms with Gasteiger partial charge in [-0.25, -0.2) is 0 Å². The molecule has 0 aliphatic rings. The van der Waals surface area contributed by atoms with Crippen LogP contribution in [0.4, 0.5) is 0 Å². The van der Waals surface area contributed by atoms with Gasteiger partial charge in [0.25, 0.3) is 0 Å². The third-order valence-electron chi connectivity index (χ3n) is 6.23. The number of aromatic nitrogens is 2. The maximum Gasteiger partial charge on any atom is 0.104 e. The molecule has 0 aliphatic heterocycles. The van der Waals surface area contributed by atoms with Crippen LogP contribution in [-0.4, -0.2) is 51.8 Å². The van der Waals surface area contributed by atoms with E-state index in [1.54, 1.807) is 34.6 Å². The molecular formula is C42H49N2O14-7. The molecule has 1 aromatic heterocycles. The molecule has 4 rings (SSSR count). The van der Waals surface area contributed by atoms with E-state index in [-0.39, 0.29) is 39.1 Å². The van der Waals surface area contributed by atoms with Gasteiger partial charge in [-0.2, -0.15) is 0 Å². The number of hydrogen-bond donors (Lipinski definition) is 0. The number of aryl methyl sites for hydroxylation is 5. The van der Waals surface area contributed by atoms with Crippen molar-refractivity contribution >= 4 is 41.8 Å². The average molecular weight is 806 g/mol. The molecule has 318 valence electrons. The number of rotatable bonds is 7. The summed E-state index contributed by atoms with van der Waals surface area (Å²) in [6.07, 6.45) is 2.55. The molecule has 0 fully saturated rings. The van der Waals surface area contributed by atoms with Gasteiger partial charge in [0.05, 0.1) is 53.7 Å². The molecule has 16 heteroatoms. The maximum atomic E-state index is 10.6. The largest absolute Gasteiger partial charge is 0.545 e. The third kappa shape index (κ3) is 21.8. The van der Waals surface area contributed by atoms with Crippen LogP contribution in [0.15, 0.2) is 60.9 Å². The van der Waals surface area contributed by atoms with E-state index in [0.29, 0.717) is 27.9 Å². The first-order valence-electron chi connectivity index (χ1n) is 17.8. The Bertz CT molecular complexity index is 1880. The topological polar surface area (TPSA) is 307 Å². The molecule has 58 heavy (non-hydrogen) atoms. The van der Waals surface area contributed by atoms with Crippen molar-refractivity contribution in [2.24, 2.45) is 0 Å². The highest BCUT2D eigenvalue weighted by Crippen LogP contribution is 2.15. The molecule has 0 radical (unpaired) electrons. The van der Waals surface area contributed by atoms with Crippen molar-refractivity contribution in [1.29, 1.82) is 0 Å². The molecule has 0 atom stereocenters. The van der Waals surface area contributed by atoms with Crippen molar-refractivity contribution in [2.45, 2.75) is 90.0 Å². The second-order valence-electron chi connectivity index (χ2n) is 10.2. The van der Waals surface area contributed by atoms with Gasteiger partial charge >= 0.3 is 0 Å². The van der Waals surface area contributed by atoms with Crippen molar-refractivity contribution in [2.75, 3.05) is 0 Å². The van der Waals surface area contributed by atoms with Gasteiger partial charge in [-0.05, 0) is 86.7 Å². The number of hydrogen-bond acceptors (Lipinski definition) is 16. The normalized spacial score (nSPS) is 8.71. The summed E-state index contributed by atoms with van der Waals surface area (Å²) in [4.78, 5) is 80.3. The summed E-state index contributed by atoms with van der Waals surface area (Å²) < 4.78 is 0. The molecule has 0 amide bonds. The highest BCUT2D eigenvalue weighted by atomic mass is 16.4. The van der Waals surface area contributed by atoms with Crippen LogP contribution in [0.3, 0.4) is 0 Å². The van der Waals surface area contributed by atoms with Gasteiger partial charge < -0.3 is 69.3 Å². The Morgan fingerprint density at radius 1 is 0.379 bits per heavy atom. The summed E-state index contributed by atoms with van der Waals surface area (Å²) >= 11 is 0. The number of aromatic carboxylic acids is 7. The number of carboxylic acids is 7. The molecule has 1 heterocycles. The summed E-state index contributed by atoms with van der Waals surface area (Å²) in [6, 6.07) is 10.2. The first-order chi connectivity index (χ1) is 27.2. The maximum absolute atomic E-state index is 10.6. The van der Waals surface area contributed by atoms with Crippen LogP contribution in [0.1, 0.15) is 156 Å². The Balaban J connectivity index is -0.000000317. The van der Waals surface area contributed by atoms with Crippen molar-refractivity contribution in [3.05, 3.63) is 128 Å². The Hall–Kier alpha value is -6.97. The van der Waals surface area contributed by atoms with Crippen LogP contribution < -0.4 is 35.7 Å². The first kappa shape index (κ1) is 57.7. The molecule has 3 aromatic carbocycles. The van der Waals surface area contributed by atoms with Crippen LogP contribution in [0, 0.1) is 34.6 Å². The Morgan fingerprint density at radius 3 is 1.03 bits per heavy atom. The van der Waals surface area contributed by atoms with E-state index >= 15 is 0 Å². The smallest absolute Gasteiger partial charge is 0.104 e. The minimum Gasteiger partial charge on any atom is -0.545 e. The summed E-state index contributed by atoms with van der Waals surface area (Å²) in [5, 5.41) is 73.0. The van der Waals surface area contributed by atoms with E-state index in [1.807, 2.05) is 55.4 Å². The molecule has 0 unspecified atom stereocenters. The first-order valence-corrected chi connectivity index (χ1v) is 17.8. The Kier molecular flexibility index (Phi) is 31.1. The van der Waals surface area contributed by atoms with Crippen molar-refractivity contribution < 1.29 is 69.3 Å². The summed E-state index contributed by atoms with van der Waals surface area (Å²) in [6.45, 7) is 24.4. The SMILES string of the molecule is CC.CC.CC.CC.Cc1cc(C(=O)[O-])c(C(=O)[O-])cc1C.Cc1cc(C(=O)[O-])cc(C(=O)[O-])c1.Cc1ccc(C(=O)[O-])c(C(=O)[O-])c1.Cc1cnc(C(=O)[O-])cn1. The van der Waals surface area contributed by atoms with Gasteiger partial charge in [0.1, 0.15) is 5.69 Å². The second-order valence-corrected chi connectivity index (χ2v) is 10.2. The van der Waals surface area contributed by atoms with Crippen molar-refractivity contribution in [3.63, 3.8) is 0 Å². The van der Waals surface area contributed by atoms with Crippen LogP contribution >= 0.6 is 0 Å². The van der Waals surface area contributed by atoms with E-state index in [1.165, 1.54) is 54.9 Å². The average Bonchev–Trinajstić information content (AvgIpc) is 3.19. The van der Waals surface area contributed by atoms with Gasteiger partial charge in [0.2, 0.25) is 0 Å².